The van der Waals surface area contributed by atoms with Gasteiger partial charge in [-0.2, -0.15) is 4.57 Å². The van der Waals surface area contributed by atoms with Crippen molar-refractivity contribution in [3.63, 3.8) is 0 Å². The van der Waals surface area contributed by atoms with Crippen LogP contribution >= 0.6 is 0 Å². The summed E-state index contributed by atoms with van der Waals surface area (Å²) in [7, 11) is 0. The van der Waals surface area contributed by atoms with Crippen LogP contribution in [0, 0.1) is 0 Å². The van der Waals surface area contributed by atoms with Crippen LogP contribution in [0.1, 0.15) is 71.1 Å². The molecule has 3 aromatic carbocycles. The molecule has 0 saturated heterocycles. The molecule has 0 fully saturated rings. The molecule has 1 heterocycles. The molecule has 5 rings (SSSR count). The maximum Gasteiger partial charge on any atom is 0.220 e. The summed E-state index contributed by atoms with van der Waals surface area (Å²) in [4.78, 5) is 0. The lowest BCUT2D eigenvalue weighted by Crippen LogP contribution is -2.36. The Morgan fingerprint density at radius 2 is 1.45 bits per heavy atom. The number of nitrogens with zero attached hydrogens (tertiary/aromatic N) is 1. The van der Waals surface area contributed by atoms with Crippen molar-refractivity contribution >= 4 is 10.8 Å². The maximum atomic E-state index is 2.55. The summed E-state index contributed by atoms with van der Waals surface area (Å²) in [6.45, 7) is 15.1. The van der Waals surface area contributed by atoms with Crippen LogP contribution in [0.15, 0.2) is 72.9 Å². The minimum atomic E-state index is -0.00430. The quantitative estimate of drug-likeness (QED) is 0.279. The van der Waals surface area contributed by atoms with Gasteiger partial charge in [0.15, 0.2) is 6.20 Å². The molecular formula is C32H36N+. The van der Waals surface area contributed by atoms with Crippen molar-refractivity contribution in [3.8, 4) is 22.4 Å². The zero-order valence-electron chi connectivity index (χ0n) is 21.0. The van der Waals surface area contributed by atoms with Gasteiger partial charge in [-0.3, -0.25) is 0 Å². The van der Waals surface area contributed by atoms with Crippen molar-refractivity contribution in [1.82, 2.24) is 0 Å². The van der Waals surface area contributed by atoms with Gasteiger partial charge in [0.25, 0.3) is 0 Å². The third kappa shape index (κ3) is 3.16. The monoisotopic (exact) mass is 434 g/mol. The minimum absolute atomic E-state index is 0.00430. The molecule has 1 aromatic heterocycles. The highest BCUT2D eigenvalue weighted by Crippen LogP contribution is 2.52. The molecule has 1 aliphatic carbocycles. The van der Waals surface area contributed by atoms with E-state index in [4.69, 9.17) is 0 Å². The molecule has 1 nitrogen and oxygen atoms in total. The molecule has 168 valence electrons. The number of pyridine rings is 1. The van der Waals surface area contributed by atoms with E-state index in [9.17, 15) is 0 Å². The van der Waals surface area contributed by atoms with Gasteiger partial charge in [-0.1, -0.05) is 77.1 Å². The number of aryl methyl sites for hydroxylation is 1. The minimum Gasteiger partial charge on any atom is -0.198 e. The molecule has 33 heavy (non-hydrogen) atoms. The Morgan fingerprint density at radius 3 is 2.18 bits per heavy atom. The molecule has 0 atom stereocenters. The number of hydrogen-bond donors (Lipinski definition) is 0. The third-order valence-corrected chi connectivity index (χ3v) is 8.47. The predicted molar refractivity (Wildman–Crippen MR) is 141 cm³/mol. The summed E-state index contributed by atoms with van der Waals surface area (Å²) in [5.74, 6) is 0. The normalized spacial score (nSPS) is 14.4. The fourth-order valence-corrected chi connectivity index (χ4v) is 5.89. The van der Waals surface area contributed by atoms with Gasteiger partial charge in [-0.25, -0.2) is 0 Å². The summed E-state index contributed by atoms with van der Waals surface area (Å²) in [6.07, 6.45) is 4.51. The molecule has 4 aromatic rings. The Bertz CT molecular complexity index is 1350. The standard InChI is InChI=1S/C32H36N/c1-7-32(6,8-2)29-20-25-24-16-12-13-17-27(24)31(4,5)28(25)21-26(29)30-23-15-11-10-14-22(23)18-19-33(30)9-3/h10-21H,7-9H2,1-6H3/q+1. The first-order chi connectivity index (χ1) is 15.9. The van der Waals surface area contributed by atoms with Crippen molar-refractivity contribution in [3.05, 3.63) is 89.6 Å². The second kappa shape index (κ2) is 7.83. The van der Waals surface area contributed by atoms with E-state index in [0.717, 1.165) is 19.4 Å². The Balaban J connectivity index is 1.93. The summed E-state index contributed by atoms with van der Waals surface area (Å²) >= 11 is 0. The van der Waals surface area contributed by atoms with Crippen LogP contribution in [-0.4, -0.2) is 0 Å². The fraction of sp³-hybridized carbons (Fsp3) is 0.344. The van der Waals surface area contributed by atoms with Crippen molar-refractivity contribution in [2.45, 2.75) is 71.8 Å². The van der Waals surface area contributed by atoms with Gasteiger partial charge in [-0.15, -0.1) is 0 Å². The van der Waals surface area contributed by atoms with Crippen molar-refractivity contribution in [2.75, 3.05) is 0 Å². The molecule has 1 heteroatoms. The number of rotatable bonds is 5. The van der Waals surface area contributed by atoms with Crippen LogP contribution in [0.5, 0.6) is 0 Å². The average Bonchev–Trinajstić information content (AvgIpc) is 3.08. The zero-order valence-corrected chi connectivity index (χ0v) is 21.0. The van der Waals surface area contributed by atoms with Gasteiger partial charge in [-0.05, 0) is 76.6 Å². The molecule has 1 aliphatic rings. The summed E-state index contributed by atoms with van der Waals surface area (Å²) < 4.78 is 2.44. The van der Waals surface area contributed by atoms with Crippen molar-refractivity contribution in [2.24, 2.45) is 0 Å². The first-order valence-corrected chi connectivity index (χ1v) is 12.6. The van der Waals surface area contributed by atoms with E-state index in [1.165, 1.54) is 49.8 Å². The summed E-state index contributed by atoms with van der Waals surface area (Å²) in [5.41, 5.74) is 10.1. The lowest BCUT2D eigenvalue weighted by atomic mass is 9.72. The Labute approximate surface area is 199 Å². The lowest BCUT2D eigenvalue weighted by Gasteiger charge is -2.31. The van der Waals surface area contributed by atoms with Crippen LogP contribution in [0.25, 0.3) is 33.2 Å². The van der Waals surface area contributed by atoms with E-state index >= 15 is 0 Å². The molecule has 0 saturated carbocycles. The first kappa shape index (κ1) is 21.9. The molecule has 0 unspecified atom stereocenters. The van der Waals surface area contributed by atoms with Gasteiger partial charge >= 0.3 is 0 Å². The largest absolute Gasteiger partial charge is 0.220 e. The molecule has 0 N–H and O–H groups in total. The predicted octanol–water partition coefficient (Wildman–Crippen LogP) is 8.20. The summed E-state index contributed by atoms with van der Waals surface area (Å²) in [5, 5.41) is 2.65. The van der Waals surface area contributed by atoms with Gasteiger partial charge < -0.3 is 0 Å². The highest BCUT2D eigenvalue weighted by atomic mass is 14.9. The molecule has 0 amide bonds. The van der Waals surface area contributed by atoms with E-state index < -0.39 is 0 Å². The zero-order chi connectivity index (χ0) is 23.4. The number of benzene rings is 3. The molecular weight excluding hydrogens is 398 g/mol. The fourth-order valence-electron chi connectivity index (χ4n) is 5.89. The summed E-state index contributed by atoms with van der Waals surface area (Å²) in [6, 6.07) is 25.2. The smallest absolute Gasteiger partial charge is 0.198 e. The second-order valence-electron chi connectivity index (χ2n) is 10.4. The van der Waals surface area contributed by atoms with Crippen LogP contribution in [-0.2, 0) is 17.4 Å². The average molecular weight is 435 g/mol. The molecule has 0 bridgehead atoms. The highest BCUT2D eigenvalue weighted by molar-refractivity contribution is 5.95. The molecule has 0 aliphatic heterocycles. The SMILES string of the molecule is CC[n+]1ccc2ccccc2c1-c1cc2c(cc1C(C)(CC)CC)-c1ccccc1C2(C)C. The lowest BCUT2D eigenvalue weighted by molar-refractivity contribution is -0.681. The van der Waals surface area contributed by atoms with E-state index in [0.29, 0.717) is 0 Å². The van der Waals surface area contributed by atoms with E-state index in [1.807, 2.05) is 0 Å². The number of aromatic nitrogens is 1. The maximum absolute atomic E-state index is 2.55. The van der Waals surface area contributed by atoms with E-state index in [1.54, 1.807) is 0 Å². The van der Waals surface area contributed by atoms with E-state index in [2.05, 4.69) is 119 Å². The van der Waals surface area contributed by atoms with Crippen LogP contribution in [0.2, 0.25) is 0 Å². The van der Waals surface area contributed by atoms with Crippen LogP contribution in [0.3, 0.4) is 0 Å². The van der Waals surface area contributed by atoms with Gasteiger partial charge in [0.1, 0.15) is 6.54 Å². The molecule has 0 radical (unpaired) electrons. The Hall–Kier alpha value is -2.93. The van der Waals surface area contributed by atoms with Crippen LogP contribution in [0.4, 0.5) is 0 Å². The first-order valence-electron chi connectivity index (χ1n) is 12.6. The van der Waals surface area contributed by atoms with Gasteiger partial charge in [0.05, 0.1) is 10.9 Å². The second-order valence-corrected chi connectivity index (χ2v) is 10.4. The van der Waals surface area contributed by atoms with Crippen molar-refractivity contribution in [1.29, 1.82) is 0 Å². The topological polar surface area (TPSA) is 3.88 Å². The number of fused-ring (bicyclic) bond motifs is 4. The third-order valence-electron chi connectivity index (χ3n) is 8.47. The highest BCUT2D eigenvalue weighted by Gasteiger charge is 2.39. The Kier molecular flexibility index (Phi) is 5.20. The van der Waals surface area contributed by atoms with E-state index in [-0.39, 0.29) is 10.8 Å². The van der Waals surface area contributed by atoms with Crippen LogP contribution < -0.4 is 4.57 Å². The number of hydrogen-bond acceptors (Lipinski definition) is 0. The Morgan fingerprint density at radius 1 is 0.758 bits per heavy atom. The molecule has 0 spiro atoms. The van der Waals surface area contributed by atoms with Gasteiger partial charge in [0.2, 0.25) is 5.69 Å². The van der Waals surface area contributed by atoms with Crippen molar-refractivity contribution < 1.29 is 4.57 Å². The van der Waals surface area contributed by atoms with Gasteiger partial charge in [0, 0.05) is 11.5 Å².